The molecule has 1 aromatic carbocycles. The van der Waals surface area contributed by atoms with Crippen LogP contribution in [0.3, 0.4) is 0 Å². The molecule has 8 nitrogen and oxygen atoms in total. The molecule has 4 N–H and O–H groups in total. The van der Waals surface area contributed by atoms with Crippen molar-refractivity contribution in [2.45, 2.75) is 50.4 Å². The molecule has 2 aromatic rings. The van der Waals surface area contributed by atoms with E-state index < -0.39 is 29.4 Å². The van der Waals surface area contributed by atoms with Crippen LogP contribution in [0.1, 0.15) is 39.9 Å². The molecule has 0 saturated carbocycles. The SMILES string of the molecule is Nc1nc2c(c3c1COC3)C[C@H](C(=O)N1CCN[C@@H]3COc4cc(C(F)(F)F)ccc4[C@]31O)CC2. The number of nitrogens with two attached hydrogens (primary N) is 1. The molecule has 0 unspecified atom stereocenters. The summed E-state index contributed by atoms with van der Waals surface area (Å²) in [5, 5.41) is 15.1. The fraction of sp³-hybridized carbons (Fsp3) is 0.500. The van der Waals surface area contributed by atoms with Gasteiger partial charge in [-0.2, -0.15) is 13.2 Å². The van der Waals surface area contributed by atoms with Gasteiger partial charge in [0.05, 0.1) is 24.8 Å². The molecule has 186 valence electrons. The third-order valence-electron chi connectivity index (χ3n) is 7.66. The quantitative estimate of drug-likeness (QED) is 0.560. The van der Waals surface area contributed by atoms with Gasteiger partial charge in [-0.3, -0.25) is 4.79 Å². The number of aliphatic hydroxyl groups is 1. The van der Waals surface area contributed by atoms with E-state index in [1.807, 2.05) is 0 Å². The first kappa shape index (κ1) is 22.6. The van der Waals surface area contributed by atoms with Crippen LogP contribution >= 0.6 is 0 Å². The van der Waals surface area contributed by atoms with Crippen LogP contribution in [-0.2, 0) is 47.5 Å². The van der Waals surface area contributed by atoms with Crippen molar-refractivity contribution in [1.82, 2.24) is 15.2 Å². The third kappa shape index (κ3) is 3.40. The molecule has 1 aliphatic carbocycles. The van der Waals surface area contributed by atoms with E-state index in [1.54, 1.807) is 0 Å². The van der Waals surface area contributed by atoms with Gasteiger partial charge in [-0.15, -0.1) is 0 Å². The number of pyridine rings is 1. The lowest BCUT2D eigenvalue weighted by molar-refractivity contribution is -0.192. The standard InChI is InChI=1S/C24H25F3N4O4/c25-24(26,27)13-2-3-17-19(8-13)35-11-20-23(17,33)31(6-5-29-20)22(32)12-1-4-18-14(7-12)15-9-34-10-16(15)21(28)30-18/h2-3,8,12,20,29,33H,1,4-7,9-11H2,(H2,28,30)/t12-,20-,23+/m1/s1. The number of anilines is 1. The van der Waals surface area contributed by atoms with Gasteiger partial charge in [0.2, 0.25) is 5.91 Å². The van der Waals surface area contributed by atoms with E-state index in [0.29, 0.717) is 44.8 Å². The Hall–Kier alpha value is -2.89. The monoisotopic (exact) mass is 490 g/mol. The third-order valence-corrected chi connectivity index (χ3v) is 7.66. The fourth-order valence-electron chi connectivity index (χ4n) is 5.85. The number of alkyl halides is 3. The minimum atomic E-state index is -4.55. The molecule has 1 aromatic heterocycles. The topological polar surface area (TPSA) is 110 Å². The number of fused-ring (bicyclic) bond motifs is 6. The number of benzene rings is 1. The maximum Gasteiger partial charge on any atom is 0.416 e. The van der Waals surface area contributed by atoms with E-state index in [0.717, 1.165) is 34.5 Å². The highest BCUT2D eigenvalue weighted by Crippen LogP contribution is 2.45. The van der Waals surface area contributed by atoms with Crippen molar-refractivity contribution in [3.63, 3.8) is 0 Å². The lowest BCUT2D eigenvalue weighted by Crippen LogP contribution is -2.70. The van der Waals surface area contributed by atoms with E-state index in [9.17, 15) is 23.1 Å². The average Bonchev–Trinajstić information content (AvgIpc) is 3.33. The van der Waals surface area contributed by atoms with Crippen LogP contribution in [0.15, 0.2) is 18.2 Å². The van der Waals surface area contributed by atoms with Gasteiger partial charge < -0.3 is 30.5 Å². The number of aromatic nitrogens is 1. The Bertz CT molecular complexity index is 1220. The predicted molar refractivity (Wildman–Crippen MR) is 117 cm³/mol. The van der Waals surface area contributed by atoms with Crippen LogP contribution in [0.2, 0.25) is 0 Å². The molecule has 3 aliphatic heterocycles. The van der Waals surface area contributed by atoms with Crippen LogP contribution in [0.25, 0.3) is 0 Å². The molecule has 4 heterocycles. The van der Waals surface area contributed by atoms with E-state index >= 15 is 0 Å². The van der Waals surface area contributed by atoms with E-state index in [-0.39, 0.29) is 30.4 Å². The molecule has 4 aliphatic rings. The summed E-state index contributed by atoms with van der Waals surface area (Å²) >= 11 is 0. The molecular weight excluding hydrogens is 465 g/mol. The summed E-state index contributed by atoms with van der Waals surface area (Å²) in [4.78, 5) is 19.8. The Kier molecular flexibility index (Phi) is 5.03. The van der Waals surface area contributed by atoms with Crippen molar-refractivity contribution in [2.24, 2.45) is 5.92 Å². The zero-order valence-corrected chi connectivity index (χ0v) is 18.8. The molecule has 1 saturated heterocycles. The van der Waals surface area contributed by atoms with Crippen molar-refractivity contribution in [3.8, 4) is 5.75 Å². The molecule has 0 bridgehead atoms. The fourth-order valence-corrected chi connectivity index (χ4v) is 5.85. The number of halogens is 3. The van der Waals surface area contributed by atoms with E-state index in [1.165, 1.54) is 11.0 Å². The number of nitrogens with zero attached hydrogens (tertiary/aromatic N) is 2. The Morgan fingerprint density at radius 1 is 1.26 bits per heavy atom. The normalized spacial score (nSPS) is 27.4. The first-order valence-corrected chi connectivity index (χ1v) is 11.7. The van der Waals surface area contributed by atoms with Crippen LogP contribution in [-0.4, -0.2) is 46.6 Å². The molecule has 11 heteroatoms. The van der Waals surface area contributed by atoms with Gasteiger partial charge in [0.25, 0.3) is 0 Å². The Morgan fingerprint density at radius 2 is 2.06 bits per heavy atom. The minimum Gasteiger partial charge on any atom is -0.491 e. The van der Waals surface area contributed by atoms with Gasteiger partial charge in [0, 0.05) is 35.8 Å². The molecule has 6 rings (SSSR count). The summed E-state index contributed by atoms with van der Waals surface area (Å²) in [6, 6.07) is 2.34. The zero-order valence-electron chi connectivity index (χ0n) is 18.8. The maximum absolute atomic E-state index is 13.9. The van der Waals surface area contributed by atoms with Crippen molar-refractivity contribution in [3.05, 3.63) is 51.7 Å². The van der Waals surface area contributed by atoms with Crippen LogP contribution < -0.4 is 15.8 Å². The highest BCUT2D eigenvalue weighted by atomic mass is 19.4. The van der Waals surface area contributed by atoms with Crippen molar-refractivity contribution < 1.29 is 32.5 Å². The Balaban J connectivity index is 1.34. The summed E-state index contributed by atoms with van der Waals surface area (Å²) in [6.45, 7) is 1.42. The first-order valence-electron chi connectivity index (χ1n) is 11.7. The maximum atomic E-state index is 13.9. The second-order valence-corrected chi connectivity index (χ2v) is 9.55. The van der Waals surface area contributed by atoms with Gasteiger partial charge >= 0.3 is 6.18 Å². The number of carbonyl (C=O) groups is 1. The van der Waals surface area contributed by atoms with Gasteiger partial charge in [0.1, 0.15) is 18.2 Å². The number of ether oxygens (including phenoxy) is 2. The molecular formula is C24H25F3N4O4. The second-order valence-electron chi connectivity index (χ2n) is 9.55. The summed E-state index contributed by atoms with van der Waals surface area (Å²) in [5.41, 5.74) is 7.29. The number of piperazine rings is 1. The van der Waals surface area contributed by atoms with Gasteiger partial charge in [0.15, 0.2) is 5.72 Å². The van der Waals surface area contributed by atoms with Crippen molar-refractivity contribution in [1.29, 1.82) is 0 Å². The number of nitrogens with one attached hydrogen (secondary N) is 1. The molecule has 0 radical (unpaired) electrons. The summed E-state index contributed by atoms with van der Waals surface area (Å²) in [6.07, 6.45) is -2.98. The Morgan fingerprint density at radius 3 is 2.86 bits per heavy atom. The van der Waals surface area contributed by atoms with Crippen LogP contribution in [0.4, 0.5) is 19.0 Å². The Labute approximate surface area is 199 Å². The summed E-state index contributed by atoms with van der Waals surface area (Å²) in [7, 11) is 0. The largest absolute Gasteiger partial charge is 0.491 e. The number of rotatable bonds is 1. The van der Waals surface area contributed by atoms with E-state index in [4.69, 9.17) is 15.2 Å². The zero-order chi connectivity index (χ0) is 24.5. The highest BCUT2D eigenvalue weighted by Gasteiger charge is 2.54. The number of hydrogen-bond acceptors (Lipinski definition) is 7. The number of aryl methyl sites for hydroxylation is 1. The highest BCUT2D eigenvalue weighted by molar-refractivity contribution is 5.81. The molecule has 0 spiro atoms. The van der Waals surface area contributed by atoms with Gasteiger partial charge in [-0.1, -0.05) is 0 Å². The van der Waals surface area contributed by atoms with E-state index in [2.05, 4.69) is 10.3 Å². The van der Waals surface area contributed by atoms with Crippen molar-refractivity contribution in [2.75, 3.05) is 25.4 Å². The first-order chi connectivity index (χ1) is 16.7. The molecule has 1 amide bonds. The lowest BCUT2D eigenvalue weighted by Gasteiger charge is -2.52. The number of nitrogen functional groups attached to an aromatic ring is 1. The smallest absolute Gasteiger partial charge is 0.416 e. The summed E-state index contributed by atoms with van der Waals surface area (Å²) in [5.74, 6) is -0.232. The summed E-state index contributed by atoms with van der Waals surface area (Å²) < 4.78 is 50.9. The molecule has 3 atom stereocenters. The molecule has 1 fully saturated rings. The van der Waals surface area contributed by atoms with Crippen LogP contribution in [0, 0.1) is 5.92 Å². The van der Waals surface area contributed by atoms with Gasteiger partial charge in [-0.05, 0) is 48.6 Å². The number of carbonyl (C=O) groups excluding carboxylic acids is 1. The van der Waals surface area contributed by atoms with Gasteiger partial charge in [-0.25, -0.2) is 4.98 Å². The van der Waals surface area contributed by atoms with Crippen molar-refractivity contribution >= 4 is 11.7 Å². The number of hydrogen-bond donors (Lipinski definition) is 3. The van der Waals surface area contributed by atoms with Crippen LogP contribution in [0.5, 0.6) is 5.75 Å². The lowest BCUT2D eigenvalue weighted by atomic mass is 9.81. The minimum absolute atomic E-state index is 0.0594. The number of amides is 1. The predicted octanol–water partition coefficient (Wildman–Crippen LogP) is 1.86. The molecule has 35 heavy (non-hydrogen) atoms. The average molecular weight is 490 g/mol. The second kappa shape index (κ2) is 7.81.